The van der Waals surface area contributed by atoms with Gasteiger partial charge in [0.05, 0.1) is 0 Å². The molecule has 0 fully saturated rings. The molecule has 1 N–H and O–H groups in total. The second kappa shape index (κ2) is 5.66. The summed E-state index contributed by atoms with van der Waals surface area (Å²) in [6.07, 6.45) is 3.62. The van der Waals surface area contributed by atoms with E-state index in [1.807, 2.05) is 44.3 Å². The van der Waals surface area contributed by atoms with Gasteiger partial charge >= 0.3 is 0 Å². The van der Waals surface area contributed by atoms with Gasteiger partial charge in [-0.2, -0.15) is 0 Å². The topological polar surface area (TPSA) is 50.7 Å². The third-order valence-corrected chi connectivity index (χ3v) is 3.37. The van der Waals surface area contributed by atoms with Crippen molar-refractivity contribution in [2.75, 3.05) is 5.32 Å². The number of anilines is 2. The van der Waals surface area contributed by atoms with Gasteiger partial charge in [-0.05, 0) is 12.1 Å². The van der Waals surface area contributed by atoms with Crippen molar-refractivity contribution in [1.29, 1.82) is 0 Å². The average Bonchev–Trinajstić information content (AvgIpc) is 2.47. The summed E-state index contributed by atoms with van der Waals surface area (Å²) in [5.74, 6) is 1.65. The Bertz CT molecular complexity index is 781. The molecule has 0 amide bonds. The van der Waals surface area contributed by atoms with Crippen LogP contribution in [0.1, 0.15) is 25.6 Å². The number of aromatic nitrogens is 3. The first-order chi connectivity index (χ1) is 10.1. The van der Waals surface area contributed by atoms with Crippen molar-refractivity contribution in [3.63, 3.8) is 0 Å². The maximum atomic E-state index is 6.08. The van der Waals surface area contributed by atoms with Gasteiger partial charge in [0.25, 0.3) is 0 Å². The van der Waals surface area contributed by atoms with Crippen LogP contribution in [-0.2, 0) is 0 Å². The number of nitrogens with zero attached hydrogens (tertiary/aromatic N) is 3. The molecule has 2 aromatic heterocycles. The molecule has 4 nitrogen and oxygen atoms in total. The summed E-state index contributed by atoms with van der Waals surface area (Å²) in [6, 6.07) is 9.73. The number of pyridine rings is 1. The first-order valence-corrected chi connectivity index (χ1v) is 7.15. The summed E-state index contributed by atoms with van der Waals surface area (Å²) in [4.78, 5) is 12.9. The molecule has 0 aliphatic heterocycles. The summed E-state index contributed by atoms with van der Waals surface area (Å²) in [7, 11) is 0. The van der Waals surface area contributed by atoms with Crippen molar-refractivity contribution in [3.8, 4) is 0 Å². The van der Waals surface area contributed by atoms with E-state index in [9.17, 15) is 0 Å². The minimum atomic E-state index is 0.223. The lowest BCUT2D eigenvalue weighted by Gasteiger charge is -2.11. The normalized spacial score (nSPS) is 11.0. The summed E-state index contributed by atoms with van der Waals surface area (Å²) in [5, 5.41) is 5.93. The van der Waals surface area contributed by atoms with Crippen LogP contribution >= 0.6 is 11.6 Å². The molecule has 3 rings (SSSR count). The van der Waals surface area contributed by atoms with Crippen molar-refractivity contribution in [2.45, 2.75) is 19.8 Å². The van der Waals surface area contributed by atoms with Crippen LogP contribution in [0, 0.1) is 0 Å². The van der Waals surface area contributed by atoms with Crippen LogP contribution in [0.4, 0.5) is 11.5 Å². The van der Waals surface area contributed by atoms with Crippen LogP contribution in [0.5, 0.6) is 0 Å². The monoisotopic (exact) mass is 298 g/mol. The van der Waals surface area contributed by atoms with Crippen LogP contribution in [-0.4, -0.2) is 15.0 Å². The van der Waals surface area contributed by atoms with Gasteiger partial charge < -0.3 is 5.32 Å². The van der Waals surface area contributed by atoms with Gasteiger partial charge in [0.1, 0.15) is 16.8 Å². The van der Waals surface area contributed by atoms with Crippen LogP contribution in [0.15, 0.2) is 42.7 Å². The van der Waals surface area contributed by atoms with Crippen LogP contribution in [0.3, 0.4) is 0 Å². The van der Waals surface area contributed by atoms with Crippen LogP contribution in [0.2, 0.25) is 5.15 Å². The van der Waals surface area contributed by atoms with E-state index in [1.165, 1.54) is 0 Å². The van der Waals surface area contributed by atoms with Gasteiger partial charge in [-0.1, -0.05) is 37.6 Å². The Kier molecular flexibility index (Phi) is 3.71. The molecular formula is C16H15ClN4. The molecule has 2 heterocycles. The van der Waals surface area contributed by atoms with E-state index >= 15 is 0 Å². The summed E-state index contributed by atoms with van der Waals surface area (Å²) in [5.41, 5.74) is 0.972. The number of rotatable bonds is 3. The quantitative estimate of drug-likeness (QED) is 0.721. The van der Waals surface area contributed by atoms with Crippen molar-refractivity contribution >= 4 is 33.9 Å². The van der Waals surface area contributed by atoms with E-state index in [-0.39, 0.29) is 5.92 Å². The van der Waals surface area contributed by atoms with E-state index in [2.05, 4.69) is 20.3 Å². The summed E-state index contributed by atoms with van der Waals surface area (Å²) < 4.78 is 0. The minimum Gasteiger partial charge on any atom is -0.340 e. The molecule has 0 atom stereocenters. The van der Waals surface area contributed by atoms with E-state index in [4.69, 9.17) is 11.6 Å². The molecule has 0 radical (unpaired) electrons. The highest BCUT2D eigenvalue weighted by Gasteiger charge is 2.08. The maximum Gasteiger partial charge on any atom is 0.135 e. The molecule has 0 saturated heterocycles. The SMILES string of the molecule is CC(C)c1nc(Cl)cc(Nc2cccc3cnccc23)n1. The Morgan fingerprint density at radius 2 is 2.00 bits per heavy atom. The standard InChI is InChI=1S/C16H15ClN4/c1-10(2)16-20-14(17)8-15(21-16)19-13-5-3-4-11-9-18-7-6-12(11)13/h3-10H,1-2H3,(H,19,20,21). The molecule has 21 heavy (non-hydrogen) atoms. The predicted octanol–water partition coefficient (Wildman–Crippen LogP) is 4.55. The lowest BCUT2D eigenvalue weighted by Crippen LogP contribution is -2.02. The molecule has 0 bridgehead atoms. The molecule has 0 saturated carbocycles. The Hall–Kier alpha value is -2.20. The van der Waals surface area contributed by atoms with E-state index in [0.717, 1.165) is 22.3 Å². The first-order valence-electron chi connectivity index (χ1n) is 6.78. The van der Waals surface area contributed by atoms with Crippen LogP contribution < -0.4 is 5.32 Å². The molecule has 0 unspecified atom stereocenters. The fourth-order valence-corrected chi connectivity index (χ4v) is 2.32. The zero-order chi connectivity index (χ0) is 14.8. The van der Waals surface area contributed by atoms with E-state index in [0.29, 0.717) is 11.0 Å². The lowest BCUT2D eigenvalue weighted by atomic mass is 10.1. The molecule has 0 aliphatic carbocycles. The van der Waals surface area contributed by atoms with Gasteiger partial charge in [-0.15, -0.1) is 0 Å². The Labute approximate surface area is 128 Å². The molecule has 0 spiro atoms. The number of nitrogens with one attached hydrogen (secondary N) is 1. The minimum absolute atomic E-state index is 0.223. The number of benzene rings is 1. The zero-order valence-electron chi connectivity index (χ0n) is 11.8. The van der Waals surface area contributed by atoms with Gasteiger partial charge in [-0.3, -0.25) is 4.98 Å². The van der Waals surface area contributed by atoms with E-state index in [1.54, 1.807) is 12.3 Å². The molecule has 3 aromatic rings. The van der Waals surface area contributed by atoms with Gasteiger partial charge in [0.15, 0.2) is 0 Å². The van der Waals surface area contributed by atoms with Gasteiger partial charge in [-0.25, -0.2) is 9.97 Å². The number of hydrogen-bond acceptors (Lipinski definition) is 4. The smallest absolute Gasteiger partial charge is 0.135 e. The summed E-state index contributed by atoms with van der Waals surface area (Å²) in [6.45, 7) is 4.08. The largest absolute Gasteiger partial charge is 0.340 e. The van der Waals surface area contributed by atoms with Crippen LogP contribution in [0.25, 0.3) is 10.8 Å². The molecule has 5 heteroatoms. The Morgan fingerprint density at radius 1 is 1.14 bits per heavy atom. The highest BCUT2D eigenvalue weighted by molar-refractivity contribution is 6.29. The Balaban J connectivity index is 2.03. The number of fused-ring (bicyclic) bond motifs is 1. The molecule has 0 aliphatic rings. The van der Waals surface area contributed by atoms with Crippen molar-refractivity contribution < 1.29 is 0 Å². The predicted molar refractivity (Wildman–Crippen MR) is 86.2 cm³/mol. The highest BCUT2D eigenvalue weighted by atomic mass is 35.5. The van der Waals surface area contributed by atoms with Crippen molar-refractivity contribution in [3.05, 3.63) is 53.7 Å². The zero-order valence-corrected chi connectivity index (χ0v) is 12.6. The van der Waals surface area contributed by atoms with Gasteiger partial charge in [0, 0.05) is 40.8 Å². The lowest BCUT2D eigenvalue weighted by molar-refractivity contribution is 0.776. The third kappa shape index (κ3) is 2.95. The average molecular weight is 299 g/mol. The third-order valence-electron chi connectivity index (χ3n) is 3.17. The highest BCUT2D eigenvalue weighted by Crippen LogP contribution is 2.26. The first kappa shape index (κ1) is 13.8. The second-order valence-electron chi connectivity index (χ2n) is 5.12. The second-order valence-corrected chi connectivity index (χ2v) is 5.50. The fraction of sp³-hybridized carbons (Fsp3) is 0.188. The summed E-state index contributed by atoms with van der Waals surface area (Å²) >= 11 is 6.08. The molecule has 106 valence electrons. The molecule has 1 aromatic carbocycles. The van der Waals surface area contributed by atoms with Gasteiger partial charge in [0.2, 0.25) is 0 Å². The fourth-order valence-electron chi connectivity index (χ4n) is 2.13. The van der Waals surface area contributed by atoms with Crippen molar-refractivity contribution in [2.24, 2.45) is 0 Å². The maximum absolute atomic E-state index is 6.08. The van der Waals surface area contributed by atoms with Crippen molar-refractivity contribution in [1.82, 2.24) is 15.0 Å². The molecular weight excluding hydrogens is 284 g/mol. The number of halogens is 1. The Morgan fingerprint density at radius 3 is 2.81 bits per heavy atom. The number of hydrogen-bond donors (Lipinski definition) is 1. The van der Waals surface area contributed by atoms with E-state index < -0.39 is 0 Å².